The van der Waals surface area contributed by atoms with E-state index >= 15 is 0 Å². The Balaban J connectivity index is 2.37. The lowest BCUT2D eigenvalue weighted by molar-refractivity contribution is 0.0703. The zero-order valence-corrected chi connectivity index (χ0v) is 12.7. The van der Waals surface area contributed by atoms with E-state index in [1.54, 1.807) is 24.4 Å². The van der Waals surface area contributed by atoms with Crippen LogP contribution in [0.3, 0.4) is 0 Å². The van der Waals surface area contributed by atoms with Crippen molar-refractivity contribution in [1.29, 1.82) is 0 Å². The molecule has 0 bridgehead atoms. The van der Waals surface area contributed by atoms with E-state index in [4.69, 9.17) is 9.84 Å². The molecule has 0 saturated heterocycles. The van der Waals surface area contributed by atoms with Crippen molar-refractivity contribution < 1.29 is 19.4 Å². The second-order valence-electron chi connectivity index (χ2n) is 4.59. The highest BCUT2D eigenvalue weighted by atomic mass is 32.1. The van der Waals surface area contributed by atoms with Gasteiger partial charge in [0.25, 0.3) is 5.91 Å². The van der Waals surface area contributed by atoms with Gasteiger partial charge in [-0.05, 0) is 36.9 Å². The summed E-state index contributed by atoms with van der Waals surface area (Å²) in [6.07, 6.45) is 0. The zero-order valence-electron chi connectivity index (χ0n) is 11.9. The summed E-state index contributed by atoms with van der Waals surface area (Å²) in [6.45, 7) is 3.63. The minimum atomic E-state index is -1.06. The third-order valence-corrected chi connectivity index (χ3v) is 4.09. The van der Waals surface area contributed by atoms with Crippen LogP contribution in [0.5, 0.6) is 5.75 Å². The minimum Gasteiger partial charge on any atom is -0.496 e. The number of carboxylic acid groups (broad SMARTS) is 1. The van der Waals surface area contributed by atoms with Crippen LogP contribution in [0.2, 0.25) is 0 Å². The molecular weight excluding hydrogens is 290 g/mol. The number of carboxylic acids is 1. The summed E-state index contributed by atoms with van der Waals surface area (Å²) in [4.78, 5) is 23.7. The number of aryl methyl sites for hydroxylation is 2. The van der Waals surface area contributed by atoms with Gasteiger partial charge in [0.2, 0.25) is 0 Å². The highest BCUT2D eigenvalue weighted by molar-refractivity contribution is 7.12. The third kappa shape index (κ3) is 3.05. The van der Waals surface area contributed by atoms with Crippen molar-refractivity contribution in [2.45, 2.75) is 13.8 Å². The molecule has 1 aromatic heterocycles. The smallest absolute Gasteiger partial charge is 0.348 e. The monoisotopic (exact) mass is 305 g/mol. The maximum atomic E-state index is 12.4. The molecular formula is C15H15NO4S. The van der Waals surface area contributed by atoms with Crippen LogP contribution in [0, 0.1) is 13.8 Å². The van der Waals surface area contributed by atoms with E-state index in [0.29, 0.717) is 17.0 Å². The average Bonchev–Trinajstić information content (AvgIpc) is 2.80. The number of methoxy groups -OCH3 is 1. The van der Waals surface area contributed by atoms with Crippen molar-refractivity contribution in [3.05, 3.63) is 45.1 Å². The molecule has 2 aromatic rings. The minimum absolute atomic E-state index is 0.118. The molecule has 2 rings (SSSR count). The number of hydrogen-bond donors (Lipinski definition) is 2. The molecule has 0 spiro atoms. The zero-order chi connectivity index (χ0) is 15.6. The van der Waals surface area contributed by atoms with Gasteiger partial charge in [0.1, 0.15) is 10.6 Å². The second kappa shape index (κ2) is 5.97. The first-order chi connectivity index (χ1) is 9.93. The van der Waals surface area contributed by atoms with E-state index in [-0.39, 0.29) is 10.8 Å². The molecule has 0 aliphatic carbocycles. The van der Waals surface area contributed by atoms with E-state index < -0.39 is 5.97 Å². The molecule has 2 N–H and O–H groups in total. The molecule has 21 heavy (non-hydrogen) atoms. The number of aromatic carboxylic acids is 1. The van der Waals surface area contributed by atoms with E-state index in [0.717, 1.165) is 22.5 Å². The van der Waals surface area contributed by atoms with Gasteiger partial charge < -0.3 is 15.2 Å². The van der Waals surface area contributed by atoms with Crippen LogP contribution < -0.4 is 10.1 Å². The van der Waals surface area contributed by atoms with Gasteiger partial charge >= 0.3 is 5.97 Å². The summed E-state index contributed by atoms with van der Waals surface area (Å²) in [5, 5.41) is 13.5. The standard InChI is InChI=1S/C15H15NO4S/c1-8-4-5-11(20-3)10(6-8)14(17)16-12-9(2)7-21-13(12)15(18)19/h4-7H,1-3H3,(H,16,17)(H,18,19). The van der Waals surface area contributed by atoms with Crippen molar-refractivity contribution in [2.24, 2.45) is 0 Å². The molecule has 0 unspecified atom stereocenters. The molecule has 5 nitrogen and oxygen atoms in total. The summed E-state index contributed by atoms with van der Waals surface area (Å²) in [5.41, 5.74) is 2.35. The summed E-state index contributed by atoms with van der Waals surface area (Å²) in [7, 11) is 1.49. The number of hydrogen-bond acceptors (Lipinski definition) is 4. The van der Waals surface area contributed by atoms with Crippen molar-refractivity contribution in [3.63, 3.8) is 0 Å². The molecule has 0 aliphatic heterocycles. The average molecular weight is 305 g/mol. The fourth-order valence-corrected chi connectivity index (χ4v) is 2.78. The van der Waals surface area contributed by atoms with E-state index in [2.05, 4.69) is 5.32 Å². The van der Waals surface area contributed by atoms with Crippen molar-refractivity contribution in [2.75, 3.05) is 12.4 Å². The first kappa shape index (κ1) is 15.1. The summed E-state index contributed by atoms with van der Waals surface area (Å²) in [5.74, 6) is -0.998. The molecule has 110 valence electrons. The SMILES string of the molecule is COc1ccc(C)cc1C(=O)Nc1c(C)csc1C(=O)O. The maximum absolute atomic E-state index is 12.4. The normalized spacial score (nSPS) is 10.2. The molecule has 0 saturated carbocycles. The third-order valence-electron chi connectivity index (χ3n) is 3.01. The van der Waals surface area contributed by atoms with E-state index in [1.807, 2.05) is 13.0 Å². The number of ether oxygens (including phenoxy) is 1. The van der Waals surface area contributed by atoms with Crippen molar-refractivity contribution in [3.8, 4) is 5.75 Å². The Labute approximate surface area is 126 Å². The molecule has 1 amide bonds. The number of anilines is 1. The highest BCUT2D eigenvalue weighted by Gasteiger charge is 2.19. The Bertz CT molecular complexity index is 706. The number of thiophene rings is 1. The Morgan fingerprint density at radius 2 is 2.00 bits per heavy atom. The number of nitrogens with one attached hydrogen (secondary N) is 1. The lowest BCUT2D eigenvalue weighted by atomic mass is 10.1. The fourth-order valence-electron chi connectivity index (χ4n) is 1.94. The number of amides is 1. The van der Waals surface area contributed by atoms with Gasteiger partial charge in [0.15, 0.2) is 0 Å². The molecule has 0 fully saturated rings. The van der Waals surface area contributed by atoms with Crippen LogP contribution in [-0.4, -0.2) is 24.1 Å². The fraction of sp³-hybridized carbons (Fsp3) is 0.200. The van der Waals surface area contributed by atoms with Gasteiger partial charge in [-0.15, -0.1) is 11.3 Å². The predicted molar refractivity (Wildman–Crippen MR) is 81.7 cm³/mol. The first-order valence-corrected chi connectivity index (χ1v) is 7.09. The van der Waals surface area contributed by atoms with Gasteiger partial charge in [0.05, 0.1) is 18.4 Å². The number of benzene rings is 1. The Morgan fingerprint density at radius 1 is 1.29 bits per heavy atom. The molecule has 0 aliphatic rings. The maximum Gasteiger partial charge on any atom is 0.348 e. The Kier molecular flexibility index (Phi) is 4.28. The lowest BCUT2D eigenvalue weighted by Crippen LogP contribution is -2.15. The Morgan fingerprint density at radius 3 is 2.62 bits per heavy atom. The van der Waals surface area contributed by atoms with Gasteiger partial charge in [-0.2, -0.15) is 0 Å². The second-order valence-corrected chi connectivity index (χ2v) is 5.47. The van der Waals surface area contributed by atoms with Gasteiger partial charge in [-0.3, -0.25) is 4.79 Å². The van der Waals surface area contributed by atoms with Crippen LogP contribution in [0.15, 0.2) is 23.6 Å². The van der Waals surface area contributed by atoms with Gasteiger partial charge in [0, 0.05) is 0 Å². The number of carbonyl (C=O) groups is 2. The summed E-state index contributed by atoms with van der Waals surface area (Å²) >= 11 is 1.09. The molecule has 1 aromatic carbocycles. The largest absolute Gasteiger partial charge is 0.496 e. The molecule has 6 heteroatoms. The first-order valence-electron chi connectivity index (χ1n) is 6.21. The Hall–Kier alpha value is -2.34. The van der Waals surface area contributed by atoms with Gasteiger partial charge in [-0.1, -0.05) is 11.6 Å². The van der Waals surface area contributed by atoms with E-state index in [1.165, 1.54) is 7.11 Å². The number of rotatable bonds is 4. The molecule has 0 radical (unpaired) electrons. The summed E-state index contributed by atoms with van der Waals surface area (Å²) in [6, 6.07) is 5.26. The van der Waals surface area contributed by atoms with Crippen LogP contribution in [-0.2, 0) is 0 Å². The predicted octanol–water partition coefficient (Wildman–Crippen LogP) is 3.32. The van der Waals surface area contributed by atoms with Gasteiger partial charge in [-0.25, -0.2) is 4.79 Å². The van der Waals surface area contributed by atoms with Crippen LogP contribution >= 0.6 is 11.3 Å². The topological polar surface area (TPSA) is 75.6 Å². The summed E-state index contributed by atoms with van der Waals surface area (Å²) < 4.78 is 5.17. The van der Waals surface area contributed by atoms with Crippen molar-refractivity contribution in [1.82, 2.24) is 0 Å². The van der Waals surface area contributed by atoms with Crippen LogP contribution in [0.25, 0.3) is 0 Å². The van der Waals surface area contributed by atoms with Crippen LogP contribution in [0.1, 0.15) is 31.2 Å². The lowest BCUT2D eigenvalue weighted by Gasteiger charge is -2.10. The molecule has 1 heterocycles. The van der Waals surface area contributed by atoms with Crippen molar-refractivity contribution >= 4 is 28.9 Å². The van der Waals surface area contributed by atoms with Crippen LogP contribution in [0.4, 0.5) is 5.69 Å². The van der Waals surface area contributed by atoms with E-state index in [9.17, 15) is 9.59 Å². The quantitative estimate of drug-likeness (QED) is 0.908. The highest BCUT2D eigenvalue weighted by Crippen LogP contribution is 2.29. The molecule has 0 atom stereocenters. The number of carbonyl (C=O) groups excluding carboxylic acids is 1.